The summed E-state index contributed by atoms with van der Waals surface area (Å²) in [6.07, 6.45) is 9.14. The fourth-order valence-corrected chi connectivity index (χ4v) is 4.88. The zero-order valence-electron chi connectivity index (χ0n) is 20.1. The van der Waals surface area contributed by atoms with Crippen LogP contribution in [0.1, 0.15) is 70.2 Å². The van der Waals surface area contributed by atoms with Gasteiger partial charge in [-0.25, -0.2) is 9.48 Å². The fourth-order valence-electron chi connectivity index (χ4n) is 4.88. The van der Waals surface area contributed by atoms with E-state index in [0.717, 1.165) is 32.1 Å². The van der Waals surface area contributed by atoms with E-state index in [1.807, 2.05) is 27.7 Å². The van der Waals surface area contributed by atoms with Crippen LogP contribution in [-0.2, 0) is 4.74 Å². The van der Waals surface area contributed by atoms with Crippen LogP contribution in [0.5, 0.6) is 5.88 Å². The zero-order valence-corrected chi connectivity index (χ0v) is 20.1. The lowest BCUT2D eigenvalue weighted by atomic mass is 9.65. The van der Waals surface area contributed by atoms with Crippen LogP contribution < -0.4 is 15.4 Å². The predicted octanol–water partition coefficient (Wildman–Crippen LogP) is 3.72. The number of rotatable bonds is 7. The lowest BCUT2D eigenvalue weighted by molar-refractivity contribution is 0.0726. The molecule has 0 aromatic carbocycles. The molecule has 9 nitrogen and oxygen atoms in total. The van der Waals surface area contributed by atoms with Crippen LogP contribution in [-0.4, -0.2) is 46.6 Å². The smallest absolute Gasteiger partial charge is 0.407 e. The lowest BCUT2D eigenvalue weighted by Gasteiger charge is -2.44. The Balaban J connectivity index is 1.79. The number of ether oxygens (including phenoxy) is 2. The van der Waals surface area contributed by atoms with E-state index in [4.69, 9.17) is 4.74 Å². The van der Waals surface area contributed by atoms with Gasteiger partial charge in [0.25, 0.3) is 5.91 Å². The number of nitriles is 1. The Hall–Kier alpha value is -3.02. The standard InChI is InChI=1S/C24H35N5O4/c1-15(2)33-22-19(14-26-29(22)10-9-24(3,4)28-23(31)32-5)21(30)27-20-17-7-6-8-18(20)12-16(11-17)13-25/h9-10,14-18,20H,6-8,11-12H2,1-5H3,(H,27,30)(H,28,31)/b10-9+/t16-,17?,18?,20-. The third-order valence-corrected chi connectivity index (χ3v) is 6.40. The van der Waals surface area contributed by atoms with E-state index in [1.54, 1.807) is 12.3 Å². The maximum atomic E-state index is 13.3. The molecule has 0 radical (unpaired) electrons. The van der Waals surface area contributed by atoms with Crippen molar-refractivity contribution in [1.29, 1.82) is 5.26 Å². The molecule has 0 saturated heterocycles. The highest BCUT2D eigenvalue weighted by atomic mass is 16.5. The molecular formula is C24H35N5O4. The molecule has 2 saturated carbocycles. The molecule has 9 heteroatoms. The van der Waals surface area contributed by atoms with Gasteiger partial charge in [0.2, 0.25) is 5.88 Å². The molecule has 2 aliphatic rings. The summed E-state index contributed by atoms with van der Waals surface area (Å²) in [6.45, 7) is 7.41. The molecule has 180 valence electrons. The van der Waals surface area contributed by atoms with E-state index in [2.05, 4.69) is 26.5 Å². The number of aromatic nitrogens is 2. The number of hydrogen-bond acceptors (Lipinski definition) is 6. The van der Waals surface area contributed by atoms with Crippen LogP contribution in [0.15, 0.2) is 12.3 Å². The second-order valence-corrected chi connectivity index (χ2v) is 9.88. The molecular weight excluding hydrogens is 422 g/mol. The Morgan fingerprint density at radius 1 is 1.30 bits per heavy atom. The first-order chi connectivity index (χ1) is 15.6. The average molecular weight is 458 g/mol. The highest BCUT2D eigenvalue weighted by Gasteiger charge is 2.41. The molecule has 2 atom stereocenters. The summed E-state index contributed by atoms with van der Waals surface area (Å²) in [5, 5.41) is 19.7. The number of alkyl carbamates (subject to hydrolysis) is 1. The molecule has 1 aromatic heterocycles. The van der Waals surface area contributed by atoms with E-state index in [0.29, 0.717) is 23.3 Å². The van der Waals surface area contributed by atoms with Crippen LogP contribution in [0.25, 0.3) is 6.20 Å². The summed E-state index contributed by atoms with van der Waals surface area (Å²) >= 11 is 0. The number of carbonyl (C=O) groups is 2. The van der Waals surface area contributed by atoms with Crippen molar-refractivity contribution in [3.63, 3.8) is 0 Å². The molecule has 1 aromatic rings. The number of fused-ring (bicyclic) bond motifs is 2. The Morgan fingerprint density at radius 3 is 2.55 bits per heavy atom. The predicted molar refractivity (Wildman–Crippen MR) is 123 cm³/mol. The maximum absolute atomic E-state index is 13.3. The second-order valence-electron chi connectivity index (χ2n) is 9.88. The van der Waals surface area contributed by atoms with Crippen molar-refractivity contribution in [1.82, 2.24) is 20.4 Å². The minimum atomic E-state index is -0.701. The molecule has 2 amide bonds. The van der Waals surface area contributed by atoms with E-state index in [1.165, 1.54) is 18.0 Å². The number of nitrogens with zero attached hydrogens (tertiary/aromatic N) is 3. The zero-order chi connectivity index (χ0) is 24.2. The van der Waals surface area contributed by atoms with E-state index < -0.39 is 11.6 Å². The van der Waals surface area contributed by atoms with E-state index in [9.17, 15) is 14.9 Å². The summed E-state index contributed by atoms with van der Waals surface area (Å²) < 4.78 is 12.1. The van der Waals surface area contributed by atoms with Crippen molar-refractivity contribution in [2.24, 2.45) is 17.8 Å². The Labute approximate surface area is 195 Å². The van der Waals surface area contributed by atoms with Crippen LogP contribution in [0.4, 0.5) is 4.79 Å². The Bertz CT molecular complexity index is 916. The quantitative estimate of drug-likeness (QED) is 0.644. The average Bonchev–Trinajstić information content (AvgIpc) is 3.13. The largest absolute Gasteiger partial charge is 0.474 e. The molecule has 1 heterocycles. The summed E-state index contributed by atoms with van der Waals surface area (Å²) in [5.41, 5.74) is -0.333. The number of amides is 2. The van der Waals surface area contributed by atoms with Gasteiger partial charge in [-0.2, -0.15) is 10.4 Å². The minimum absolute atomic E-state index is 0.0739. The number of nitrogens with one attached hydrogen (secondary N) is 2. The first-order valence-electron chi connectivity index (χ1n) is 11.6. The minimum Gasteiger partial charge on any atom is -0.474 e. The number of methoxy groups -OCH3 is 1. The highest BCUT2D eigenvalue weighted by molar-refractivity contribution is 5.96. The number of hydrogen-bond donors (Lipinski definition) is 2. The van der Waals surface area contributed by atoms with Gasteiger partial charge in [-0.3, -0.25) is 4.79 Å². The van der Waals surface area contributed by atoms with E-state index >= 15 is 0 Å². The van der Waals surface area contributed by atoms with Crippen molar-refractivity contribution in [3.8, 4) is 11.9 Å². The van der Waals surface area contributed by atoms with Gasteiger partial charge in [-0.1, -0.05) is 6.42 Å². The number of carbonyl (C=O) groups excluding carboxylic acids is 2. The van der Waals surface area contributed by atoms with Crippen LogP contribution >= 0.6 is 0 Å². The molecule has 2 aliphatic carbocycles. The lowest BCUT2D eigenvalue weighted by Crippen LogP contribution is -2.51. The molecule has 33 heavy (non-hydrogen) atoms. The molecule has 2 unspecified atom stereocenters. The normalized spacial score (nSPS) is 24.9. The first kappa shape index (κ1) is 24.6. The molecule has 0 spiro atoms. The van der Waals surface area contributed by atoms with Gasteiger partial charge in [-0.15, -0.1) is 0 Å². The Morgan fingerprint density at radius 2 is 1.97 bits per heavy atom. The summed E-state index contributed by atoms with van der Waals surface area (Å²) in [6, 6.07) is 2.50. The molecule has 0 aliphatic heterocycles. The van der Waals surface area contributed by atoms with Crippen LogP contribution in [0, 0.1) is 29.1 Å². The third-order valence-electron chi connectivity index (χ3n) is 6.40. The summed E-state index contributed by atoms with van der Waals surface area (Å²) in [7, 11) is 1.31. The van der Waals surface area contributed by atoms with Crippen LogP contribution in [0.2, 0.25) is 0 Å². The van der Waals surface area contributed by atoms with E-state index in [-0.39, 0.29) is 24.0 Å². The monoisotopic (exact) mass is 457 g/mol. The van der Waals surface area contributed by atoms with Gasteiger partial charge >= 0.3 is 6.09 Å². The van der Waals surface area contributed by atoms with Crippen LogP contribution in [0.3, 0.4) is 0 Å². The third kappa shape index (κ3) is 6.06. The van der Waals surface area contributed by atoms with Gasteiger partial charge in [0, 0.05) is 18.2 Å². The van der Waals surface area contributed by atoms with Crippen molar-refractivity contribution >= 4 is 18.2 Å². The van der Waals surface area contributed by atoms with Gasteiger partial charge in [-0.05, 0) is 71.3 Å². The second kappa shape index (κ2) is 10.3. The summed E-state index contributed by atoms with van der Waals surface area (Å²) in [4.78, 5) is 24.9. The van der Waals surface area contributed by atoms with Crippen molar-refractivity contribution < 1.29 is 19.1 Å². The van der Waals surface area contributed by atoms with Crippen molar-refractivity contribution in [3.05, 3.63) is 17.8 Å². The van der Waals surface area contributed by atoms with Crippen molar-refractivity contribution in [2.45, 2.75) is 77.5 Å². The topological polar surface area (TPSA) is 118 Å². The highest BCUT2D eigenvalue weighted by Crippen LogP contribution is 2.42. The first-order valence-corrected chi connectivity index (χ1v) is 11.6. The van der Waals surface area contributed by atoms with Crippen molar-refractivity contribution in [2.75, 3.05) is 7.11 Å². The fraction of sp³-hybridized carbons (Fsp3) is 0.667. The molecule has 3 rings (SSSR count). The van der Waals surface area contributed by atoms with Gasteiger partial charge in [0.05, 0.1) is 31.0 Å². The SMILES string of the molecule is COC(=O)NC(C)(C)/C=C/n1ncc(C(=O)N[C@H]2C3CCCC2C[C@@H](C#N)C3)c1OC(C)C. The summed E-state index contributed by atoms with van der Waals surface area (Å²) in [5.74, 6) is 0.891. The molecule has 2 fully saturated rings. The molecule has 2 N–H and O–H groups in total. The van der Waals surface area contributed by atoms with Gasteiger partial charge in [0.15, 0.2) is 0 Å². The van der Waals surface area contributed by atoms with Gasteiger partial charge in [0.1, 0.15) is 5.56 Å². The van der Waals surface area contributed by atoms with Gasteiger partial charge < -0.3 is 20.1 Å². The maximum Gasteiger partial charge on any atom is 0.407 e. The Kier molecular flexibility index (Phi) is 7.67. The molecule has 2 bridgehead atoms.